The second kappa shape index (κ2) is 8.36. The molecule has 1 aromatic heterocycles. The first-order chi connectivity index (χ1) is 14.2. The van der Waals surface area contributed by atoms with Crippen LogP contribution in [0.15, 0.2) is 78.3 Å². The van der Waals surface area contributed by atoms with Crippen molar-refractivity contribution >= 4 is 33.6 Å². The number of allylic oxidation sites excluding steroid dienone is 1. The highest BCUT2D eigenvalue weighted by atomic mass is 15.0. The number of nitrogens with one attached hydrogen (secondary N) is 1. The second-order valence-electron chi connectivity index (χ2n) is 7.36. The molecular formula is C26H27N3. The van der Waals surface area contributed by atoms with Gasteiger partial charge in [0, 0.05) is 47.0 Å². The molecule has 0 radical (unpaired) electrons. The van der Waals surface area contributed by atoms with Gasteiger partial charge in [-0.3, -0.25) is 4.99 Å². The van der Waals surface area contributed by atoms with Gasteiger partial charge in [-0.05, 0) is 30.9 Å². The van der Waals surface area contributed by atoms with Gasteiger partial charge in [0.25, 0.3) is 0 Å². The third-order valence-electron chi connectivity index (χ3n) is 5.47. The van der Waals surface area contributed by atoms with E-state index in [0.29, 0.717) is 0 Å². The van der Waals surface area contributed by atoms with Crippen molar-refractivity contribution in [2.75, 3.05) is 18.4 Å². The Labute approximate surface area is 172 Å². The summed E-state index contributed by atoms with van der Waals surface area (Å²) in [6.45, 7) is 10.6. The minimum Gasteiger partial charge on any atom is -0.383 e. The van der Waals surface area contributed by atoms with E-state index < -0.39 is 0 Å². The lowest BCUT2D eigenvalue weighted by Gasteiger charge is -2.08. The summed E-state index contributed by atoms with van der Waals surface area (Å²) in [5, 5.41) is 7.29. The summed E-state index contributed by atoms with van der Waals surface area (Å²) >= 11 is 0. The van der Waals surface area contributed by atoms with Crippen LogP contribution in [-0.4, -0.2) is 23.9 Å². The van der Waals surface area contributed by atoms with Crippen LogP contribution >= 0.6 is 0 Å². The normalized spacial score (nSPS) is 11.5. The molecule has 1 heterocycles. The fraction of sp³-hybridized carbons (Fsp3) is 0.192. The van der Waals surface area contributed by atoms with Crippen LogP contribution in [-0.2, 0) is 6.54 Å². The minimum atomic E-state index is 0.725. The number of hydrogen-bond donors (Lipinski definition) is 1. The third-order valence-corrected chi connectivity index (χ3v) is 5.47. The van der Waals surface area contributed by atoms with Gasteiger partial charge in [-0.2, -0.15) is 0 Å². The minimum absolute atomic E-state index is 0.725. The summed E-state index contributed by atoms with van der Waals surface area (Å²) in [5.74, 6) is 0. The lowest BCUT2D eigenvalue weighted by atomic mass is 10.1. The Balaban J connectivity index is 1.51. The van der Waals surface area contributed by atoms with Crippen molar-refractivity contribution in [1.29, 1.82) is 0 Å². The molecule has 29 heavy (non-hydrogen) atoms. The SMILES string of the molecule is C=CCn1c(C)c(C=NCCNc2cccc3ccccc23)c2cccc(C)c21. The van der Waals surface area contributed by atoms with E-state index in [1.165, 1.54) is 38.5 Å². The Morgan fingerprint density at radius 2 is 1.72 bits per heavy atom. The zero-order chi connectivity index (χ0) is 20.2. The number of aliphatic imine (C=N–C) groups is 1. The molecule has 3 aromatic carbocycles. The van der Waals surface area contributed by atoms with Crippen molar-refractivity contribution < 1.29 is 0 Å². The van der Waals surface area contributed by atoms with E-state index >= 15 is 0 Å². The van der Waals surface area contributed by atoms with Crippen LogP contribution in [0.3, 0.4) is 0 Å². The van der Waals surface area contributed by atoms with E-state index in [2.05, 4.69) is 91.0 Å². The first-order valence-electron chi connectivity index (χ1n) is 10.1. The first-order valence-corrected chi connectivity index (χ1v) is 10.1. The highest BCUT2D eigenvalue weighted by Crippen LogP contribution is 2.27. The molecule has 0 aliphatic rings. The first kappa shape index (κ1) is 19.0. The van der Waals surface area contributed by atoms with Gasteiger partial charge < -0.3 is 9.88 Å². The summed E-state index contributed by atoms with van der Waals surface area (Å²) in [7, 11) is 0. The number of rotatable bonds is 7. The van der Waals surface area contributed by atoms with Crippen LogP contribution in [0.4, 0.5) is 5.69 Å². The molecule has 0 bridgehead atoms. The molecule has 0 unspecified atom stereocenters. The summed E-state index contributed by atoms with van der Waals surface area (Å²) in [6, 6.07) is 21.3. The molecule has 0 spiro atoms. The molecule has 0 atom stereocenters. The molecule has 0 aliphatic carbocycles. The largest absolute Gasteiger partial charge is 0.383 e. The third kappa shape index (κ3) is 3.68. The number of anilines is 1. The van der Waals surface area contributed by atoms with Gasteiger partial charge in [0.1, 0.15) is 0 Å². The number of aryl methyl sites for hydroxylation is 1. The van der Waals surface area contributed by atoms with Crippen molar-refractivity contribution in [2.24, 2.45) is 4.99 Å². The van der Waals surface area contributed by atoms with E-state index in [1.54, 1.807) is 0 Å². The van der Waals surface area contributed by atoms with Gasteiger partial charge in [0.15, 0.2) is 0 Å². The van der Waals surface area contributed by atoms with Gasteiger partial charge in [0.2, 0.25) is 0 Å². The lowest BCUT2D eigenvalue weighted by Crippen LogP contribution is -2.05. The molecule has 0 aliphatic heterocycles. The average Bonchev–Trinajstić information content (AvgIpc) is 3.01. The number of fused-ring (bicyclic) bond motifs is 2. The van der Waals surface area contributed by atoms with Crippen LogP contribution < -0.4 is 5.32 Å². The molecule has 4 rings (SSSR count). The summed E-state index contributed by atoms with van der Waals surface area (Å²) in [4.78, 5) is 4.72. The van der Waals surface area contributed by atoms with Crippen molar-refractivity contribution in [3.05, 3.63) is 90.1 Å². The number of nitrogens with zero attached hydrogens (tertiary/aromatic N) is 2. The molecule has 4 aromatic rings. The predicted molar refractivity (Wildman–Crippen MR) is 127 cm³/mol. The Morgan fingerprint density at radius 3 is 2.59 bits per heavy atom. The predicted octanol–water partition coefficient (Wildman–Crippen LogP) is 6.13. The number of benzene rings is 3. The number of hydrogen-bond acceptors (Lipinski definition) is 2. The highest BCUT2D eigenvalue weighted by molar-refractivity contribution is 6.02. The monoisotopic (exact) mass is 381 g/mol. The molecule has 3 nitrogen and oxygen atoms in total. The summed E-state index contributed by atoms with van der Waals surface area (Å²) in [5.41, 5.74) is 6.16. The van der Waals surface area contributed by atoms with Crippen molar-refractivity contribution in [3.63, 3.8) is 0 Å². The van der Waals surface area contributed by atoms with Gasteiger partial charge in [-0.25, -0.2) is 0 Å². The fourth-order valence-corrected chi connectivity index (χ4v) is 4.05. The van der Waals surface area contributed by atoms with Crippen LogP contribution in [0.2, 0.25) is 0 Å². The van der Waals surface area contributed by atoms with Gasteiger partial charge in [-0.1, -0.05) is 60.7 Å². The Bertz CT molecular complexity index is 1190. The zero-order valence-electron chi connectivity index (χ0n) is 17.2. The average molecular weight is 382 g/mol. The van der Waals surface area contributed by atoms with E-state index in [1.807, 2.05) is 12.3 Å². The molecule has 0 fully saturated rings. The maximum Gasteiger partial charge on any atom is 0.0562 e. The summed E-state index contributed by atoms with van der Waals surface area (Å²) < 4.78 is 2.33. The van der Waals surface area contributed by atoms with E-state index in [0.717, 1.165) is 25.3 Å². The summed E-state index contributed by atoms with van der Waals surface area (Å²) in [6.07, 6.45) is 3.98. The maximum absolute atomic E-state index is 4.72. The quantitative estimate of drug-likeness (QED) is 0.233. The highest BCUT2D eigenvalue weighted by Gasteiger charge is 2.13. The van der Waals surface area contributed by atoms with Crippen molar-refractivity contribution in [3.8, 4) is 0 Å². The van der Waals surface area contributed by atoms with Crippen molar-refractivity contribution in [2.45, 2.75) is 20.4 Å². The molecular weight excluding hydrogens is 354 g/mol. The van der Waals surface area contributed by atoms with E-state index in [-0.39, 0.29) is 0 Å². The van der Waals surface area contributed by atoms with Crippen LogP contribution in [0.25, 0.3) is 21.7 Å². The van der Waals surface area contributed by atoms with Crippen molar-refractivity contribution in [1.82, 2.24) is 4.57 Å². The molecule has 0 saturated heterocycles. The standard InChI is InChI=1S/C26H27N3/c1-4-17-29-20(3)24(23-13-7-9-19(2)26(23)29)18-27-15-16-28-25-14-8-11-21-10-5-6-12-22(21)25/h4-14,18,28H,1,15-17H2,2-3H3. The smallest absolute Gasteiger partial charge is 0.0562 e. The number of para-hydroxylation sites is 1. The van der Waals surface area contributed by atoms with Crippen LogP contribution in [0.5, 0.6) is 0 Å². The Morgan fingerprint density at radius 1 is 0.966 bits per heavy atom. The van der Waals surface area contributed by atoms with E-state index in [9.17, 15) is 0 Å². The van der Waals surface area contributed by atoms with E-state index in [4.69, 9.17) is 4.99 Å². The molecule has 1 N–H and O–H groups in total. The molecule has 146 valence electrons. The van der Waals surface area contributed by atoms with Gasteiger partial charge in [0.05, 0.1) is 12.1 Å². The lowest BCUT2D eigenvalue weighted by molar-refractivity contribution is 0.826. The molecule has 0 amide bonds. The van der Waals surface area contributed by atoms with Crippen LogP contribution in [0.1, 0.15) is 16.8 Å². The maximum atomic E-state index is 4.72. The van der Waals surface area contributed by atoms with Gasteiger partial charge in [-0.15, -0.1) is 6.58 Å². The Kier molecular flexibility index (Phi) is 5.48. The Hall–Kier alpha value is -3.33. The topological polar surface area (TPSA) is 29.3 Å². The molecule has 3 heteroatoms. The zero-order valence-corrected chi connectivity index (χ0v) is 17.2. The second-order valence-corrected chi connectivity index (χ2v) is 7.36. The number of aromatic nitrogens is 1. The van der Waals surface area contributed by atoms with Gasteiger partial charge >= 0.3 is 0 Å². The fourth-order valence-electron chi connectivity index (χ4n) is 4.05. The molecule has 0 saturated carbocycles. The van der Waals surface area contributed by atoms with Crippen LogP contribution in [0, 0.1) is 13.8 Å².